The molecule has 0 radical (unpaired) electrons. The largest absolute Gasteiger partial charge is 0.488 e. The standard InChI is InChI=1S/C18H26F2N4O2.HI/c1-3-21-18(24-9-7-23(8-10-24)14(2)25)22-12-15-5-4-6-16(11-15)26-13-17(19)20;/h4-6,11,17H,3,7-10,12-13H2,1-2H3,(H,21,22);1H. The Kier molecular flexibility index (Phi) is 10.3. The first-order valence-electron chi connectivity index (χ1n) is 8.78. The number of hydrogen-bond acceptors (Lipinski definition) is 3. The number of alkyl halides is 2. The predicted molar refractivity (Wildman–Crippen MR) is 112 cm³/mol. The Morgan fingerprint density at radius 1 is 1.26 bits per heavy atom. The minimum atomic E-state index is -2.49. The van der Waals surface area contributed by atoms with Crippen molar-refractivity contribution in [2.75, 3.05) is 39.3 Å². The van der Waals surface area contributed by atoms with E-state index in [4.69, 9.17) is 4.74 Å². The molecule has 27 heavy (non-hydrogen) atoms. The molecule has 1 heterocycles. The van der Waals surface area contributed by atoms with Gasteiger partial charge in [-0.15, -0.1) is 24.0 Å². The molecule has 9 heteroatoms. The maximum atomic E-state index is 12.3. The van der Waals surface area contributed by atoms with Crippen LogP contribution in [0.1, 0.15) is 19.4 Å². The van der Waals surface area contributed by atoms with E-state index in [2.05, 4.69) is 15.2 Å². The third-order valence-corrected chi connectivity index (χ3v) is 4.05. The van der Waals surface area contributed by atoms with Crippen molar-refractivity contribution in [2.45, 2.75) is 26.8 Å². The molecule has 152 valence electrons. The third kappa shape index (κ3) is 7.86. The molecule has 0 saturated carbocycles. The molecule has 0 bridgehead atoms. The van der Waals surface area contributed by atoms with E-state index in [1.807, 2.05) is 17.9 Å². The van der Waals surface area contributed by atoms with E-state index in [1.54, 1.807) is 25.1 Å². The smallest absolute Gasteiger partial charge is 0.272 e. The van der Waals surface area contributed by atoms with Gasteiger partial charge in [-0.25, -0.2) is 13.8 Å². The number of halogens is 3. The van der Waals surface area contributed by atoms with Crippen LogP contribution in [-0.4, -0.2) is 67.4 Å². The van der Waals surface area contributed by atoms with Crippen LogP contribution >= 0.6 is 24.0 Å². The van der Waals surface area contributed by atoms with Gasteiger partial charge in [-0.2, -0.15) is 0 Å². The number of nitrogens with zero attached hydrogens (tertiary/aromatic N) is 3. The lowest BCUT2D eigenvalue weighted by Crippen LogP contribution is -2.53. The SMILES string of the molecule is CCNC(=NCc1cccc(OCC(F)F)c1)N1CCN(C(C)=O)CC1.I. The van der Waals surface area contributed by atoms with Gasteiger partial charge in [-0.05, 0) is 24.6 Å². The number of amides is 1. The molecule has 1 saturated heterocycles. The highest BCUT2D eigenvalue weighted by molar-refractivity contribution is 14.0. The second-order valence-corrected chi connectivity index (χ2v) is 6.01. The number of piperazine rings is 1. The fourth-order valence-corrected chi connectivity index (χ4v) is 2.72. The zero-order valence-electron chi connectivity index (χ0n) is 15.7. The Morgan fingerprint density at radius 2 is 1.93 bits per heavy atom. The van der Waals surface area contributed by atoms with Gasteiger partial charge in [-0.3, -0.25) is 4.79 Å². The summed E-state index contributed by atoms with van der Waals surface area (Å²) in [5.41, 5.74) is 0.884. The number of hydrogen-bond donors (Lipinski definition) is 1. The first-order valence-corrected chi connectivity index (χ1v) is 8.78. The van der Waals surface area contributed by atoms with Crippen LogP contribution in [0.25, 0.3) is 0 Å². The van der Waals surface area contributed by atoms with Crippen LogP contribution in [0, 0.1) is 0 Å². The van der Waals surface area contributed by atoms with Gasteiger partial charge in [0.25, 0.3) is 6.43 Å². The second kappa shape index (κ2) is 11.9. The van der Waals surface area contributed by atoms with Crippen molar-refractivity contribution < 1.29 is 18.3 Å². The van der Waals surface area contributed by atoms with Crippen molar-refractivity contribution in [3.8, 4) is 5.75 Å². The molecule has 1 aromatic rings. The Morgan fingerprint density at radius 3 is 2.52 bits per heavy atom. The highest BCUT2D eigenvalue weighted by Crippen LogP contribution is 2.15. The van der Waals surface area contributed by atoms with Gasteiger partial charge in [0.05, 0.1) is 6.54 Å². The van der Waals surface area contributed by atoms with Crippen molar-refractivity contribution in [1.82, 2.24) is 15.1 Å². The maximum Gasteiger partial charge on any atom is 0.272 e. The van der Waals surface area contributed by atoms with E-state index in [-0.39, 0.29) is 29.9 Å². The van der Waals surface area contributed by atoms with Crippen molar-refractivity contribution in [3.05, 3.63) is 29.8 Å². The highest BCUT2D eigenvalue weighted by Gasteiger charge is 2.20. The fourth-order valence-electron chi connectivity index (χ4n) is 2.72. The number of nitrogens with one attached hydrogen (secondary N) is 1. The topological polar surface area (TPSA) is 57.2 Å². The van der Waals surface area contributed by atoms with E-state index in [0.717, 1.165) is 31.2 Å². The van der Waals surface area contributed by atoms with Gasteiger partial charge in [0.1, 0.15) is 12.4 Å². The molecule has 1 fully saturated rings. The molecule has 0 spiro atoms. The molecule has 1 N–H and O–H groups in total. The summed E-state index contributed by atoms with van der Waals surface area (Å²) in [6.45, 7) is 6.93. The molecular weight excluding hydrogens is 469 g/mol. The number of ether oxygens (including phenoxy) is 1. The number of benzene rings is 1. The maximum absolute atomic E-state index is 12.3. The zero-order chi connectivity index (χ0) is 18.9. The molecule has 0 aliphatic carbocycles. The molecule has 1 aliphatic rings. The summed E-state index contributed by atoms with van der Waals surface area (Å²) in [6.07, 6.45) is -2.49. The average molecular weight is 496 g/mol. The van der Waals surface area contributed by atoms with Gasteiger partial charge in [0.2, 0.25) is 5.91 Å². The normalized spacial score (nSPS) is 14.8. The van der Waals surface area contributed by atoms with Crippen LogP contribution in [0.15, 0.2) is 29.3 Å². The number of rotatable bonds is 6. The second-order valence-electron chi connectivity index (χ2n) is 6.01. The lowest BCUT2D eigenvalue weighted by Gasteiger charge is -2.36. The molecule has 2 rings (SSSR count). The highest BCUT2D eigenvalue weighted by atomic mass is 127. The van der Waals surface area contributed by atoms with Gasteiger partial charge in [0.15, 0.2) is 5.96 Å². The molecular formula is C18H27F2IN4O2. The molecule has 1 aliphatic heterocycles. The Labute approximate surface area is 176 Å². The Bertz CT molecular complexity index is 623. The fraction of sp³-hybridized carbons (Fsp3) is 0.556. The van der Waals surface area contributed by atoms with Crippen molar-refractivity contribution >= 4 is 35.8 Å². The van der Waals surface area contributed by atoms with Gasteiger partial charge >= 0.3 is 0 Å². The van der Waals surface area contributed by atoms with E-state index >= 15 is 0 Å². The number of guanidine groups is 1. The average Bonchev–Trinajstić information content (AvgIpc) is 2.64. The third-order valence-electron chi connectivity index (χ3n) is 4.05. The lowest BCUT2D eigenvalue weighted by atomic mass is 10.2. The predicted octanol–water partition coefficient (Wildman–Crippen LogP) is 2.58. The molecule has 0 unspecified atom stereocenters. The van der Waals surface area contributed by atoms with Crippen LogP contribution in [0.5, 0.6) is 5.75 Å². The van der Waals surface area contributed by atoms with Crippen LogP contribution in [0.2, 0.25) is 0 Å². The van der Waals surface area contributed by atoms with Crippen molar-refractivity contribution in [1.29, 1.82) is 0 Å². The number of carbonyl (C=O) groups excluding carboxylic acids is 1. The summed E-state index contributed by atoms with van der Waals surface area (Å²) in [4.78, 5) is 20.0. The summed E-state index contributed by atoms with van der Waals surface area (Å²) in [5.74, 6) is 1.29. The lowest BCUT2D eigenvalue weighted by molar-refractivity contribution is -0.130. The quantitative estimate of drug-likeness (QED) is 0.374. The van der Waals surface area contributed by atoms with E-state index in [1.165, 1.54) is 0 Å². The molecule has 1 amide bonds. The van der Waals surface area contributed by atoms with Gasteiger partial charge in [0, 0.05) is 39.6 Å². The van der Waals surface area contributed by atoms with Crippen LogP contribution in [0.4, 0.5) is 8.78 Å². The van der Waals surface area contributed by atoms with Crippen LogP contribution < -0.4 is 10.1 Å². The van der Waals surface area contributed by atoms with Crippen molar-refractivity contribution in [2.24, 2.45) is 4.99 Å². The first kappa shape index (κ1) is 23.4. The van der Waals surface area contributed by atoms with Gasteiger partial charge in [-0.1, -0.05) is 12.1 Å². The van der Waals surface area contributed by atoms with E-state index in [0.29, 0.717) is 25.4 Å². The minimum absolute atomic E-state index is 0. The molecule has 0 atom stereocenters. The van der Waals surface area contributed by atoms with Crippen LogP contribution in [0.3, 0.4) is 0 Å². The molecule has 1 aromatic carbocycles. The Hall–Kier alpha value is -1.65. The molecule has 0 aromatic heterocycles. The summed E-state index contributed by atoms with van der Waals surface area (Å²) < 4.78 is 29.6. The van der Waals surface area contributed by atoms with Gasteiger partial charge < -0.3 is 19.9 Å². The summed E-state index contributed by atoms with van der Waals surface area (Å²) >= 11 is 0. The zero-order valence-corrected chi connectivity index (χ0v) is 18.0. The summed E-state index contributed by atoms with van der Waals surface area (Å²) in [7, 11) is 0. The van der Waals surface area contributed by atoms with Crippen LogP contribution in [-0.2, 0) is 11.3 Å². The minimum Gasteiger partial charge on any atom is -0.488 e. The number of aliphatic imine (C=N–C) groups is 1. The Balaban J connectivity index is 0.00000364. The summed E-state index contributed by atoms with van der Waals surface area (Å²) in [5, 5.41) is 3.26. The van der Waals surface area contributed by atoms with E-state index < -0.39 is 13.0 Å². The van der Waals surface area contributed by atoms with Crippen molar-refractivity contribution in [3.63, 3.8) is 0 Å². The van der Waals surface area contributed by atoms with E-state index in [9.17, 15) is 13.6 Å². The number of carbonyl (C=O) groups is 1. The monoisotopic (exact) mass is 496 g/mol. The summed E-state index contributed by atoms with van der Waals surface area (Å²) in [6, 6.07) is 7.03. The first-order chi connectivity index (χ1) is 12.5. The molecule has 6 nitrogen and oxygen atoms in total.